The first-order chi connectivity index (χ1) is 12.6. The lowest BCUT2D eigenvalue weighted by Gasteiger charge is -2.34. The highest BCUT2D eigenvalue weighted by Gasteiger charge is 2.18. The molecule has 0 bridgehead atoms. The molecule has 0 aromatic heterocycles. The minimum Gasteiger partial charge on any atom is -0.325 e. The Morgan fingerprint density at radius 3 is 2.42 bits per heavy atom. The first-order valence-electron chi connectivity index (χ1n) is 9.15. The molecular weight excluding hydrogens is 437 g/mol. The number of carbonyl (C=O) groups is 1. The summed E-state index contributed by atoms with van der Waals surface area (Å²) in [5.41, 5.74) is 3.50. The number of benzene rings is 2. The highest BCUT2D eigenvalue weighted by Crippen LogP contribution is 2.17. The number of hydrogen-bond donors (Lipinski definition) is 1. The maximum absolute atomic E-state index is 12.3. The molecule has 1 aliphatic rings. The lowest BCUT2D eigenvalue weighted by atomic mass is 10.1. The number of halogens is 1. The minimum atomic E-state index is 0.0717. The van der Waals surface area contributed by atoms with Gasteiger partial charge in [-0.1, -0.05) is 36.4 Å². The van der Waals surface area contributed by atoms with Crippen molar-refractivity contribution in [2.75, 3.05) is 44.6 Å². The van der Waals surface area contributed by atoms with E-state index in [1.807, 2.05) is 18.2 Å². The molecule has 4 nitrogen and oxygen atoms in total. The summed E-state index contributed by atoms with van der Waals surface area (Å²) in [4.78, 5) is 17.0. The number of hydrogen-bond acceptors (Lipinski definition) is 3. The van der Waals surface area contributed by atoms with Crippen LogP contribution in [-0.2, 0) is 11.2 Å². The van der Waals surface area contributed by atoms with Gasteiger partial charge < -0.3 is 10.2 Å². The zero-order valence-electron chi connectivity index (χ0n) is 15.2. The number of carbonyl (C=O) groups excluding carboxylic acids is 1. The number of nitrogens with zero attached hydrogens (tertiary/aromatic N) is 2. The quantitative estimate of drug-likeness (QED) is 0.668. The predicted octanol–water partition coefficient (Wildman–Crippen LogP) is 3.40. The molecule has 1 fully saturated rings. The molecule has 0 unspecified atom stereocenters. The van der Waals surface area contributed by atoms with Gasteiger partial charge in [0.25, 0.3) is 0 Å². The Morgan fingerprint density at radius 1 is 1.04 bits per heavy atom. The number of anilines is 1. The van der Waals surface area contributed by atoms with E-state index in [0.29, 0.717) is 6.54 Å². The van der Waals surface area contributed by atoms with Crippen molar-refractivity contribution in [3.8, 4) is 0 Å². The van der Waals surface area contributed by atoms with Gasteiger partial charge in [-0.05, 0) is 59.2 Å². The summed E-state index contributed by atoms with van der Waals surface area (Å²) in [7, 11) is 0. The van der Waals surface area contributed by atoms with Crippen molar-refractivity contribution in [1.82, 2.24) is 9.80 Å². The van der Waals surface area contributed by atoms with Crippen LogP contribution in [0.2, 0.25) is 0 Å². The monoisotopic (exact) mass is 463 g/mol. The Hall–Kier alpha value is -1.44. The van der Waals surface area contributed by atoms with Crippen LogP contribution >= 0.6 is 22.6 Å². The second-order valence-electron chi connectivity index (χ2n) is 6.87. The number of aryl methyl sites for hydroxylation is 1. The molecule has 0 spiro atoms. The maximum Gasteiger partial charge on any atom is 0.238 e. The third-order valence-electron chi connectivity index (χ3n) is 4.85. The number of piperazine rings is 1. The van der Waals surface area contributed by atoms with E-state index in [4.69, 9.17) is 0 Å². The van der Waals surface area contributed by atoms with Gasteiger partial charge >= 0.3 is 0 Å². The smallest absolute Gasteiger partial charge is 0.238 e. The van der Waals surface area contributed by atoms with Crippen molar-refractivity contribution in [2.45, 2.75) is 13.3 Å². The van der Waals surface area contributed by atoms with Gasteiger partial charge in [0.05, 0.1) is 6.54 Å². The van der Waals surface area contributed by atoms with Crippen LogP contribution in [0.25, 0.3) is 0 Å². The number of rotatable bonds is 6. The fraction of sp³-hybridized carbons (Fsp3) is 0.381. The average molecular weight is 463 g/mol. The highest BCUT2D eigenvalue weighted by atomic mass is 127. The fourth-order valence-electron chi connectivity index (χ4n) is 3.18. The topological polar surface area (TPSA) is 35.6 Å². The van der Waals surface area contributed by atoms with Gasteiger partial charge in [0, 0.05) is 42.0 Å². The standard InChI is InChI=1S/C21H26IN3O/c1-17-7-8-19(15-20(17)22)23-21(26)16-25-13-11-24(12-14-25)10-9-18-5-3-2-4-6-18/h2-8,15H,9-14,16H2,1H3,(H,23,26). The minimum absolute atomic E-state index is 0.0717. The van der Waals surface area contributed by atoms with E-state index >= 15 is 0 Å². The van der Waals surface area contributed by atoms with Gasteiger partial charge in [-0.25, -0.2) is 0 Å². The second-order valence-corrected chi connectivity index (χ2v) is 8.03. The maximum atomic E-state index is 12.3. The Morgan fingerprint density at radius 2 is 1.73 bits per heavy atom. The summed E-state index contributed by atoms with van der Waals surface area (Å²) in [5, 5.41) is 3.02. The molecule has 0 radical (unpaired) electrons. The number of amides is 1. The molecule has 0 atom stereocenters. The van der Waals surface area contributed by atoms with Crippen LogP contribution in [0, 0.1) is 10.5 Å². The zero-order chi connectivity index (χ0) is 18.4. The van der Waals surface area contributed by atoms with Crippen molar-refractivity contribution >= 4 is 34.2 Å². The molecule has 1 saturated heterocycles. The Kier molecular flexibility index (Phi) is 7.05. The summed E-state index contributed by atoms with van der Waals surface area (Å²) >= 11 is 2.30. The predicted molar refractivity (Wildman–Crippen MR) is 116 cm³/mol. The van der Waals surface area contributed by atoms with E-state index in [9.17, 15) is 4.79 Å². The van der Waals surface area contributed by atoms with E-state index in [-0.39, 0.29) is 5.91 Å². The molecule has 3 rings (SSSR count). The molecule has 1 aliphatic heterocycles. The van der Waals surface area contributed by atoms with Crippen molar-refractivity contribution in [3.05, 3.63) is 63.2 Å². The van der Waals surface area contributed by atoms with E-state index in [2.05, 4.69) is 75.0 Å². The Bertz CT molecular complexity index is 727. The SMILES string of the molecule is Cc1ccc(NC(=O)CN2CCN(CCc3ccccc3)CC2)cc1I. The molecule has 0 saturated carbocycles. The van der Waals surface area contributed by atoms with Crippen LogP contribution in [0.15, 0.2) is 48.5 Å². The first kappa shape index (κ1) is 19.3. The first-order valence-corrected chi connectivity index (χ1v) is 10.2. The summed E-state index contributed by atoms with van der Waals surface area (Å²) in [6.45, 7) is 7.60. The van der Waals surface area contributed by atoms with E-state index in [1.54, 1.807) is 0 Å². The summed E-state index contributed by atoms with van der Waals surface area (Å²) in [5.74, 6) is 0.0717. The lowest BCUT2D eigenvalue weighted by molar-refractivity contribution is -0.117. The van der Waals surface area contributed by atoms with Crippen molar-refractivity contribution in [1.29, 1.82) is 0 Å². The molecule has 0 aliphatic carbocycles. The van der Waals surface area contributed by atoms with Crippen LogP contribution in [0.4, 0.5) is 5.69 Å². The van der Waals surface area contributed by atoms with Gasteiger partial charge in [-0.3, -0.25) is 9.69 Å². The van der Waals surface area contributed by atoms with Crippen LogP contribution in [-0.4, -0.2) is 55.0 Å². The third kappa shape index (κ3) is 5.79. The van der Waals surface area contributed by atoms with Crippen molar-refractivity contribution in [2.24, 2.45) is 0 Å². The molecule has 1 heterocycles. The van der Waals surface area contributed by atoms with Gasteiger partial charge in [0.2, 0.25) is 5.91 Å². The highest BCUT2D eigenvalue weighted by molar-refractivity contribution is 14.1. The molecule has 2 aromatic carbocycles. The zero-order valence-corrected chi connectivity index (χ0v) is 17.4. The van der Waals surface area contributed by atoms with Gasteiger partial charge in [-0.15, -0.1) is 0 Å². The molecule has 2 aromatic rings. The summed E-state index contributed by atoms with van der Waals surface area (Å²) in [6.07, 6.45) is 1.09. The van der Waals surface area contributed by atoms with Crippen LogP contribution in [0.3, 0.4) is 0 Å². The molecule has 5 heteroatoms. The van der Waals surface area contributed by atoms with E-state index in [0.717, 1.165) is 44.8 Å². The Balaban J connectivity index is 1.39. The van der Waals surface area contributed by atoms with Crippen LogP contribution in [0.5, 0.6) is 0 Å². The fourth-order valence-corrected chi connectivity index (χ4v) is 3.69. The number of nitrogens with one attached hydrogen (secondary N) is 1. The summed E-state index contributed by atoms with van der Waals surface area (Å²) < 4.78 is 1.17. The van der Waals surface area contributed by atoms with E-state index < -0.39 is 0 Å². The average Bonchev–Trinajstić information content (AvgIpc) is 2.65. The molecule has 138 valence electrons. The van der Waals surface area contributed by atoms with E-state index in [1.165, 1.54) is 14.7 Å². The van der Waals surface area contributed by atoms with Crippen LogP contribution < -0.4 is 5.32 Å². The largest absolute Gasteiger partial charge is 0.325 e. The van der Waals surface area contributed by atoms with Gasteiger partial charge in [0.1, 0.15) is 0 Å². The summed E-state index contributed by atoms with van der Waals surface area (Å²) in [6, 6.07) is 16.7. The van der Waals surface area contributed by atoms with Gasteiger partial charge in [-0.2, -0.15) is 0 Å². The normalized spacial score (nSPS) is 15.8. The Labute approximate surface area is 169 Å². The molecular formula is C21H26IN3O. The lowest BCUT2D eigenvalue weighted by Crippen LogP contribution is -2.49. The third-order valence-corrected chi connectivity index (χ3v) is 6.01. The van der Waals surface area contributed by atoms with Crippen molar-refractivity contribution < 1.29 is 4.79 Å². The van der Waals surface area contributed by atoms with Crippen molar-refractivity contribution in [3.63, 3.8) is 0 Å². The molecule has 1 N–H and O–H groups in total. The molecule has 26 heavy (non-hydrogen) atoms. The molecule has 1 amide bonds. The van der Waals surface area contributed by atoms with Gasteiger partial charge in [0.15, 0.2) is 0 Å². The second kappa shape index (κ2) is 9.48. The van der Waals surface area contributed by atoms with Crippen LogP contribution in [0.1, 0.15) is 11.1 Å².